The number of thiazole rings is 1. The number of oxazole rings is 1. The van der Waals surface area contributed by atoms with Crippen molar-refractivity contribution in [2.24, 2.45) is 0 Å². The summed E-state index contributed by atoms with van der Waals surface area (Å²) < 4.78 is 5.26. The molecule has 0 saturated carbocycles. The quantitative estimate of drug-likeness (QED) is 0.819. The van der Waals surface area contributed by atoms with E-state index in [1.807, 2.05) is 18.4 Å². The smallest absolute Gasteiger partial charge is 0.218 e. The van der Waals surface area contributed by atoms with E-state index in [1.165, 1.54) is 11.3 Å². The molecule has 0 spiro atoms. The zero-order chi connectivity index (χ0) is 9.97. The van der Waals surface area contributed by atoms with Crippen molar-refractivity contribution in [1.82, 2.24) is 9.97 Å². The van der Waals surface area contributed by atoms with Gasteiger partial charge in [0.05, 0.1) is 11.9 Å². The minimum atomic E-state index is 0.563. The first-order valence-electron chi connectivity index (χ1n) is 4.05. The standard InChI is InChI=1S/C9H9N3OS/c1-6-4-11-8(13-6)3-2-7-5-14-9(10)12-7/h2-5H,1H3,(H2,10,12)/b3-2+. The molecule has 0 unspecified atom stereocenters. The van der Waals surface area contributed by atoms with E-state index in [-0.39, 0.29) is 0 Å². The Morgan fingerprint density at radius 1 is 1.50 bits per heavy atom. The topological polar surface area (TPSA) is 64.9 Å². The van der Waals surface area contributed by atoms with Crippen LogP contribution in [0, 0.1) is 6.92 Å². The lowest BCUT2D eigenvalue weighted by molar-refractivity contribution is 0.517. The highest BCUT2D eigenvalue weighted by atomic mass is 32.1. The summed E-state index contributed by atoms with van der Waals surface area (Å²) in [6, 6.07) is 0. The average molecular weight is 207 g/mol. The van der Waals surface area contributed by atoms with Gasteiger partial charge < -0.3 is 10.2 Å². The predicted octanol–water partition coefficient (Wildman–Crippen LogP) is 2.19. The molecule has 0 fully saturated rings. The molecule has 0 aromatic carbocycles. The van der Waals surface area contributed by atoms with Gasteiger partial charge in [-0.1, -0.05) is 0 Å². The second-order valence-electron chi connectivity index (χ2n) is 2.75. The number of aryl methyl sites for hydroxylation is 1. The Morgan fingerprint density at radius 3 is 2.93 bits per heavy atom. The lowest BCUT2D eigenvalue weighted by Gasteiger charge is -1.82. The highest BCUT2D eigenvalue weighted by Crippen LogP contribution is 2.13. The zero-order valence-corrected chi connectivity index (χ0v) is 8.41. The first-order valence-corrected chi connectivity index (χ1v) is 4.93. The van der Waals surface area contributed by atoms with Crippen LogP contribution in [0.3, 0.4) is 0 Å². The van der Waals surface area contributed by atoms with Gasteiger partial charge in [-0.15, -0.1) is 11.3 Å². The van der Waals surface area contributed by atoms with Crippen LogP contribution in [0.2, 0.25) is 0 Å². The van der Waals surface area contributed by atoms with Crippen LogP contribution >= 0.6 is 11.3 Å². The van der Waals surface area contributed by atoms with E-state index in [0.29, 0.717) is 11.0 Å². The number of nitrogens with two attached hydrogens (primary N) is 1. The molecule has 72 valence electrons. The van der Waals surface area contributed by atoms with Gasteiger partial charge in [-0.2, -0.15) is 0 Å². The lowest BCUT2D eigenvalue weighted by atomic mass is 10.4. The third-order valence-electron chi connectivity index (χ3n) is 1.58. The Balaban J connectivity index is 2.14. The third kappa shape index (κ3) is 2.00. The normalized spacial score (nSPS) is 11.2. The molecular weight excluding hydrogens is 198 g/mol. The molecule has 2 N–H and O–H groups in total. The summed E-state index contributed by atoms with van der Waals surface area (Å²) >= 11 is 1.41. The first kappa shape index (κ1) is 8.96. The molecule has 0 amide bonds. The van der Waals surface area contributed by atoms with E-state index in [1.54, 1.807) is 12.3 Å². The van der Waals surface area contributed by atoms with Gasteiger partial charge in [-0.3, -0.25) is 0 Å². The summed E-state index contributed by atoms with van der Waals surface area (Å²) in [5, 5.41) is 2.44. The minimum Gasteiger partial charge on any atom is -0.442 e. The van der Waals surface area contributed by atoms with E-state index in [0.717, 1.165) is 11.5 Å². The van der Waals surface area contributed by atoms with E-state index in [9.17, 15) is 0 Å². The highest BCUT2D eigenvalue weighted by molar-refractivity contribution is 7.13. The molecule has 2 aromatic heterocycles. The van der Waals surface area contributed by atoms with Crippen molar-refractivity contribution in [3.05, 3.63) is 28.9 Å². The molecule has 2 aromatic rings. The van der Waals surface area contributed by atoms with Crippen LogP contribution in [-0.4, -0.2) is 9.97 Å². The largest absolute Gasteiger partial charge is 0.442 e. The van der Waals surface area contributed by atoms with Crippen LogP contribution in [0.1, 0.15) is 17.3 Å². The third-order valence-corrected chi connectivity index (χ3v) is 2.27. The summed E-state index contributed by atoms with van der Waals surface area (Å²) in [6.45, 7) is 1.85. The average Bonchev–Trinajstić information content (AvgIpc) is 2.72. The molecule has 5 heteroatoms. The fourth-order valence-corrected chi connectivity index (χ4v) is 1.51. The van der Waals surface area contributed by atoms with E-state index >= 15 is 0 Å². The summed E-state index contributed by atoms with van der Waals surface area (Å²) in [5.74, 6) is 1.37. The highest BCUT2D eigenvalue weighted by Gasteiger charge is 1.96. The molecular formula is C9H9N3OS. The van der Waals surface area contributed by atoms with Crippen LogP contribution in [0.25, 0.3) is 12.2 Å². The second kappa shape index (κ2) is 3.63. The van der Waals surface area contributed by atoms with Gasteiger partial charge in [-0.25, -0.2) is 9.97 Å². The molecule has 0 aliphatic rings. The molecule has 4 nitrogen and oxygen atoms in total. The molecule has 0 saturated heterocycles. The summed E-state index contributed by atoms with van der Waals surface area (Å²) in [4.78, 5) is 8.10. The maximum absolute atomic E-state index is 5.49. The van der Waals surface area contributed by atoms with Gasteiger partial charge in [0.2, 0.25) is 5.89 Å². The minimum absolute atomic E-state index is 0.563. The molecule has 2 heterocycles. The predicted molar refractivity (Wildman–Crippen MR) is 56.7 cm³/mol. The van der Waals surface area contributed by atoms with Gasteiger partial charge in [0, 0.05) is 11.5 Å². The van der Waals surface area contributed by atoms with Crippen LogP contribution in [0.5, 0.6) is 0 Å². The van der Waals surface area contributed by atoms with Crippen molar-refractivity contribution < 1.29 is 4.42 Å². The number of aromatic nitrogens is 2. The van der Waals surface area contributed by atoms with Crippen molar-refractivity contribution in [2.75, 3.05) is 5.73 Å². The van der Waals surface area contributed by atoms with Gasteiger partial charge in [-0.05, 0) is 13.0 Å². The maximum atomic E-state index is 5.49. The van der Waals surface area contributed by atoms with Crippen LogP contribution in [-0.2, 0) is 0 Å². The van der Waals surface area contributed by atoms with Gasteiger partial charge in [0.1, 0.15) is 5.76 Å². The number of hydrogen-bond acceptors (Lipinski definition) is 5. The van der Waals surface area contributed by atoms with Crippen LogP contribution in [0.4, 0.5) is 5.13 Å². The Morgan fingerprint density at radius 2 is 2.36 bits per heavy atom. The SMILES string of the molecule is Cc1cnc(/C=C/c2csc(N)n2)o1. The summed E-state index contributed by atoms with van der Waals surface area (Å²) in [5.41, 5.74) is 6.31. The Bertz CT molecular complexity index is 416. The molecule has 0 atom stereocenters. The molecule has 14 heavy (non-hydrogen) atoms. The Kier molecular flexibility index (Phi) is 2.32. The first-order chi connectivity index (χ1) is 6.74. The number of hydrogen-bond donors (Lipinski definition) is 1. The van der Waals surface area contributed by atoms with E-state index in [4.69, 9.17) is 10.2 Å². The fraction of sp³-hybridized carbons (Fsp3) is 0.111. The Hall–Kier alpha value is -1.62. The van der Waals surface area contributed by atoms with E-state index in [2.05, 4.69) is 9.97 Å². The lowest BCUT2D eigenvalue weighted by Crippen LogP contribution is -1.80. The molecule has 0 radical (unpaired) electrons. The van der Waals surface area contributed by atoms with Crippen molar-refractivity contribution >= 4 is 28.6 Å². The molecule has 0 bridgehead atoms. The fourth-order valence-electron chi connectivity index (χ4n) is 0.983. The molecule has 0 aliphatic heterocycles. The maximum Gasteiger partial charge on any atom is 0.218 e. The van der Waals surface area contributed by atoms with Gasteiger partial charge in [0.25, 0.3) is 0 Å². The molecule has 2 rings (SSSR count). The van der Waals surface area contributed by atoms with Gasteiger partial charge >= 0.3 is 0 Å². The zero-order valence-electron chi connectivity index (χ0n) is 7.60. The van der Waals surface area contributed by atoms with E-state index < -0.39 is 0 Å². The van der Waals surface area contributed by atoms with Crippen molar-refractivity contribution in [2.45, 2.75) is 6.92 Å². The monoisotopic (exact) mass is 207 g/mol. The van der Waals surface area contributed by atoms with Crippen molar-refractivity contribution in [1.29, 1.82) is 0 Å². The summed E-state index contributed by atoms with van der Waals surface area (Å²) in [6.07, 6.45) is 5.26. The molecule has 0 aliphatic carbocycles. The number of nitrogens with zero attached hydrogens (tertiary/aromatic N) is 2. The number of anilines is 1. The van der Waals surface area contributed by atoms with Crippen LogP contribution < -0.4 is 5.73 Å². The van der Waals surface area contributed by atoms with Crippen LogP contribution in [0.15, 0.2) is 16.0 Å². The van der Waals surface area contributed by atoms with Crippen molar-refractivity contribution in [3.8, 4) is 0 Å². The van der Waals surface area contributed by atoms with Crippen molar-refractivity contribution in [3.63, 3.8) is 0 Å². The second-order valence-corrected chi connectivity index (χ2v) is 3.64. The van der Waals surface area contributed by atoms with Gasteiger partial charge in [0.15, 0.2) is 5.13 Å². The number of rotatable bonds is 2. The summed E-state index contributed by atoms with van der Waals surface area (Å²) in [7, 11) is 0. The number of nitrogen functional groups attached to an aromatic ring is 1. The Labute approximate surface area is 85.1 Å².